The molecule has 122 valence electrons. The van der Waals surface area contributed by atoms with Gasteiger partial charge in [0.2, 0.25) is 0 Å². The van der Waals surface area contributed by atoms with Crippen LogP contribution in [0.25, 0.3) is 0 Å². The molecule has 1 aliphatic rings. The lowest BCUT2D eigenvalue weighted by Crippen LogP contribution is -2.32. The molecule has 0 aliphatic carbocycles. The number of hydrogen-bond donors (Lipinski definition) is 1. The predicted molar refractivity (Wildman–Crippen MR) is 96.7 cm³/mol. The van der Waals surface area contributed by atoms with Crippen molar-refractivity contribution in [1.82, 2.24) is 5.32 Å². The molecule has 0 aromatic heterocycles. The zero-order valence-corrected chi connectivity index (χ0v) is 14.5. The molecule has 23 heavy (non-hydrogen) atoms. The number of halogens is 2. The molecule has 1 atom stereocenters. The standard InChI is InChI=1S/C19H21Cl2NO/c20-18-7-6-16(12-19(18)21)23-13-17(14-4-2-1-3-5-14)15-8-10-22-11-9-15/h1-7,12,15,17,22H,8-11,13H2. The molecule has 2 nitrogen and oxygen atoms in total. The fourth-order valence-electron chi connectivity index (χ4n) is 3.20. The van der Waals surface area contributed by atoms with E-state index in [0.29, 0.717) is 28.5 Å². The number of nitrogens with one attached hydrogen (secondary N) is 1. The van der Waals surface area contributed by atoms with Gasteiger partial charge in [-0.1, -0.05) is 53.5 Å². The van der Waals surface area contributed by atoms with E-state index >= 15 is 0 Å². The summed E-state index contributed by atoms with van der Waals surface area (Å²) in [5.74, 6) is 1.81. The summed E-state index contributed by atoms with van der Waals surface area (Å²) in [6.07, 6.45) is 2.37. The van der Waals surface area contributed by atoms with E-state index < -0.39 is 0 Å². The molecule has 0 amide bonds. The lowest BCUT2D eigenvalue weighted by atomic mass is 9.81. The SMILES string of the molecule is Clc1ccc(OCC(c2ccccc2)C2CCNCC2)cc1Cl. The molecule has 1 heterocycles. The average molecular weight is 350 g/mol. The van der Waals surface area contributed by atoms with Gasteiger partial charge in [0, 0.05) is 12.0 Å². The Labute approximate surface area is 147 Å². The fourth-order valence-corrected chi connectivity index (χ4v) is 3.49. The molecule has 1 fully saturated rings. The van der Waals surface area contributed by atoms with Crippen molar-refractivity contribution >= 4 is 23.2 Å². The van der Waals surface area contributed by atoms with Crippen LogP contribution >= 0.6 is 23.2 Å². The van der Waals surface area contributed by atoms with Gasteiger partial charge in [-0.3, -0.25) is 0 Å². The minimum absolute atomic E-state index is 0.396. The molecule has 3 rings (SSSR count). The molecule has 0 bridgehead atoms. The second-order valence-corrected chi connectivity index (χ2v) is 6.81. The molecular formula is C19H21Cl2NO. The molecular weight excluding hydrogens is 329 g/mol. The Morgan fingerprint density at radius 3 is 2.43 bits per heavy atom. The summed E-state index contributed by atoms with van der Waals surface area (Å²) in [4.78, 5) is 0. The third-order valence-corrected chi connectivity index (χ3v) is 5.24. The van der Waals surface area contributed by atoms with Gasteiger partial charge in [0.05, 0.1) is 16.7 Å². The minimum Gasteiger partial charge on any atom is -0.493 e. The van der Waals surface area contributed by atoms with E-state index in [-0.39, 0.29) is 0 Å². The number of piperidine rings is 1. The fraction of sp³-hybridized carbons (Fsp3) is 0.368. The summed E-state index contributed by atoms with van der Waals surface area (Å²) >= 11 is 12.0. The van der Waals surface area contributed by atoms with Crippen LogP contribution in [0.4, 0.5) is 0 Å². The Morgan fingerprint density at radius 1 is 1.00 bits per heavy atom. The quantitative estimate of drug-likeness (QED) is 0.805. The molecule has 1 N–H and O–H groups in total. The van der Waals surface area contributed by atoms with Crippen LogP contribution < -0.4 is 10.1 Å². The van der Waals surface area contributed by atoms with Crippen LogP contribution in [0.5, 0.6) is 5.75 Å². The van der Waals surface area contributed by atoms with Gasteiger partial charge in [-0.2, -0.15) is 0 Å². The third kappa shape index (κ3) is 4.41. The van der Waals surface area contributed by atoms with Crippen LogP contribution in [-0.4, -0.2) is 19.7 Å². The zero-order valence-electron chi connectivity index (χ0n) is 13.0. The van der Waals surface area contributed by atoms with E-state index in [0.717, 1.165) is 18.8 Å². The van der Waals surface area contributed by atoms with Crippen LogP contribution in [-0.2, 0) is 0 Å². The molecule has 2 aromatic rings. The first-order valence-electron chi connectivity index (χ1n) is 8.07. The second-order valence-electron chi connectivity index (χ2n) is 5.99. The maximum Gasteiger partial charge on any atom is 0.120 e. The molecule has 0 spiro atoms. The van der Waals surface area contributed by atoms with Crippen molar-refractivity contribution in [2.75, 3.05) is 19.7 Å². The zero-order chi connectivity index (χ0) is 16.1. The topological polar surface area (TPSA) is 21.3 Å². The number of hydrogen-bond acceptors (Lipinski definition) is 2. The highest BCUT2D eigenvalue weighted by atomic mass is 35.5. The first-order chi connectivity index (χ1) is 11.2. The maximum atomic E-state index is 6.07. The van der Waals surface area contributed by atoms with Gasteiger partial charge in [0.1, 0.15) is 5.75 Å². The van der Waals surface area contributed by atoms with Gasteiger partial charge in [-0.25, -0.2) is 0 Å². The largest absolute Gasteiger partial charge is 0.493 e. The smallest absolute Gasteiger partial charge is 0.120 e. The molecule has 0 radical (unpaired) electrons. The highest BCUT2D eigenvalue weighted by Gasteiger charge is 2.25. The lowest BCUT2D eigenvalue weighted by Gasteiger charge is -2.31. The van der Waals surface area contributed by atoms with Crippen LogP contribution in [0.3, 0.4) is 0 Å². The normalized spacial score (nSPS) is 17.0. The Bertz CT molecular complexity index is 627. The minimum atomic E-state index is 0.396. The van der Waals surface area contributed by atoms with Gasteiger partial charge in [0.25, 0.3) is 0 Å². The summed E-state index contributed by atoms with van der Waals surface area (Å²) < 4.78 is 6.05. The first-order valence-corrected chi connectivity index (χ1v) is 8.83. The van der Waals surface area contributed by atoms with Crippen LogP contribution in [0.2, 0.25) is 10.0 Å². The third-order valence-electron chi connectivity index (χ3n) is 4.50. The van der Waals surface area contributed by atoms with E-state index in [9.17, 15) is 0 Å². The van der Waals surface area contributed by atoms with Crippen molar-refractivity contribution in [2.24, 2.45) is 5.92 Å². The van der Waals surface area contributed by atoms with E-state index in [1.807, 2.05) is 6.07 Å². The van der Waals surface area contributed by atoms with E-state index in [4.69, 9.17) is 27.9 Å². The number of ether oxygens (including phenoxy) is 1. The van der Waals surface area contributed by atoms with E-state index in [2.05, 4.69) is 35.6 Å². The summed E-state index contributed by atoms with van der Waals surface area (Å²) in [5, 5.41) is 4.52. The second kappa shape index (κ2) is 8.05. The van der Waals surface area contributed by atoms with Crippen molar-refractivity contribution < 1.29 is 4.74 Å². The Balaban J connectivity index is 1.74. The molecule has 1 unspecified atom stereocenters. The van der Waals surface area contributed by atoms with Crippen LogP contribution in [0, 0.1) is 5.92 Å². The van der Waals surface area contributed by atoms with E-state index in [1.165, 1.54) is 18.4 Å². The Kier molecular flexibility index (Phi) is 5.82. The summed E-state index contributed by atoms with van der Waals surface area (Å²) in [7, 11) is 0. The van der Waals surface area contributed by atoms with Gasteiger partial charge in [-0.15, -0.1) is 0 Å². The van der Waals surface area contributed by atoms with Gasteiger partial charge < -0.3 is 10.1 Å². The van der Waals surface area contributed by atoms with E-state index in [1.54, 1.807) is 12.1 Å². The van der Waals surface area contributed by atoms with Gasteiger partial charge in [-0.05, 0) is 49.5 Å². The molecule has 0 saturated carbocycles. The van der Waals surface area contributed by atoms with Gasteiger partial charge in [0.15, 0.2) is 0 Å². The predicted octanol–water partition coefficient (Wildman–Crippen LogP) is 5.16. The summed E-state index contributed by atoms with van der Waals surface area (Å²) in [6.45, 7) is 2.83. The Hall–Kier alpha value is -1.22. The van der Waals surface area contributed by atoms with Crippen molar-refractivity contribution in [2.45, 2.75) is 18.8 Å². The van der Waals surface area contributed by atoms with Crippen molar-refractivity contribution in [1.29, 1.82) is 0 Å². The lowest BCUT2D eigenvalue weighted by molar-refractivity contribution is 0.217. The van der Waals surface area contributed by atoms with Gasteiger partial charge >= 0.3 is 0 Å². The highest BCUT2D eigenvalue weighted by molar-refractivity contribution is 6.42. The number of rotatable bonds is 5. The molecule has 1 saturated heterocycles. The molecule has 1 aliphatic heterocycles. The van der Waals surface area contributed by atoms with Crippen molar-refractivity contribution in [3.05, 3.63) is 64.1 Å². The van der Waals surface area contributed by atoms with Crippen LogP contribution in [0.15, 0.2) is 48.5 Å². The monoisotopic (exact) mass is 349 g/mol. The van der Waals surface area contributed by atoms with Crippen LogP contribution in [0.1, 0.15) is 24.3 Å². The first kappa shape index (κ1) is 16.6. The average Bonchev–Trinajstić information content (AvgIpc) is 2.60. The Morgan fingerprint density at radius 2 is 1.74 bits per heavy atom. The van der Waals surface area contributed by atoms with Crippen molar-refractivity contribution in [3.8, 4) is 5.75 Å². The summed E-state index contributed by atoms with van der Waals surface area (Å²) in [6, 6.07) is 16.1. The maximum absolute atomic E-state index is 6.07. The summed E-state index contributed by atoms with van der Waals surface area (Å²) in [5.41, 5.74) is 1.35. The molecule has 4 heteroatoms. The molecule has 2 aromatic carbocycles. The highest BCUT2D eigenvalue weighted by Crippen LogP contribution is 2.33. The van der Waals surface area contributed by atoms with Crippen molar-refractivity contribution in [3.63, 3.8) is 0 Å². The number of benzene rings is 2.